The molecule has 0 unspecified atom stereocenters. The lowest BCUT2D eigenvalue weighted by Gasteiger charge is -2.36. The summed E-state index contributed by atoms with van der Waals surface area (Å²) in [5.74, 6) is -0.917. The predicted molar refractivity (Wildman–Crippen MR) is 148 cm³/mol. The predicted octanol–water partition coefficient (Wildman–Crippen LogP) is 7.00. The van der Waals surface area contributed by atoms with E-state index in [0.717, 1.165) is 16.6 Å². The van der Waals surface area contributed by atoms with Crippen molar-refractivity contribution in [2.75, 3.05) is 11.9 Å². The van der Waals surface area contributed by atoms with Crippen molar-refractivity contribution in [2.45, 2.75) is 44.1 Å². The summed E-state index contributed by atoms with van der Waals surface area (Å²) < 4.78 is 1.03. The van der Waals surface area contributed by atoms with Gasteiger partial charge in [0.1, 0.15) is 0 Å². The highest BCUT2D eigenvalue weighted by atomic mass is 32.1. The second-order valence-corrected chi connectivity index (χ2v) is 10.6. The standard InChI is InChI=1S/C30H31N3O3S/c34-28(35)23-15-17-24(18-16-23)33(30(36)32-29-31-26-13-7-8-14-27(26)37-29)20-19-25(21-9-3-1-4-10-21)22-11-5-2-6-12-22/h1-14,23-25H,15-20H2,(H,34,35)(H,31,32,36). The van der Waals surface area contributed by atoms with E-state index >= 15 is 0 Å². The second kappa shape index (κ2) is 11.6. The molecule has 190 valence electrons. The number of nitrogens with one attached hydrogen (secondary N) is 1. The molecular formula is C30H31N3O3S. The van der Waals surface area contributed by atoms with E-state index in [0.29, 0.717) is 37.4 Å². The van der Waals surface area contributed by atoms with E-state index in [9.17, 15) is 14.7 Å². The number of aromatic nitrogens is 1. The molecule has 5 rings (SSSR count). The van der Waals surface area contributed by atoms with Crippen molar-refractivity contribution in [3.05, 3.63) is 96.1 Å². The topological polar surface area (TPSA) is 82.5 Å². The number of thiazole rings is 1. The molecule has 0 atom stereocenters. The van der Waals surface area contributed by atoms with Gasteiger partial charge < -0.3 is 10.0 Å². The van der Waals surface area contributed by atoms with Crippen LogP contribution in [0.5, 0.6) is 0 Å². The quantitative estimate of drug-likeness (QED) is 0.266. The van der Waals surface area contributed by atoms with Gasteiger partial charge in [0.2, 0.25) is 0 Å². The minimum Gasteiger partial charge on any atom is -0.481 e. The van der Waals surface area contributed by atoms with E-state index < -0.39 is 5.97 Å². The average Bonchev–Trinajstić information content (AvgIpc) is 3.34. The van der Waals surface area contributed by atoms with Crippen LogP contribution in [0.3, 0.4) is 0 Å². The Hall–Kier alpha value is -3.71. The molecule has 0 radical (unpaired) electrons. The van der Waals surface area contributed by atoms with Gasteiger partial charge in [0.15, 0.2) is 5.13 Å². The van der Waals surface area contributed by atoms with E-state index in [1.165, 1.54) is 22.5 Å². The number of benzene rings is 3. The first kappa shape index (κ1) is 25.0. The first-order chi connectivity index (χ1) is 18.1. The molecule has 2 N–H and O–H groups in total. The Kier molecular flexibility index (Phi) is 7.80. The Balaban J connectivity index is 1.37. The van der Waals surface area contributed by atoms with Gasteiger partial charge >= 0.3 is 12.0 Å². The van der Waals surface area contributed by atoms with Gasteiger partial charge in [-0.05, 0) is 55.4 Å². The number of amides is 2. The van der Waals surface area contributed by atoms with E-state index in [1.54, 1.807) is 0 Å². The lowest BCUT2D eigenvalue weighted by molar-refractivity contribution is -0.143. The fourth-order valence-electron chi connectivity index (χ4n) is 5.34. The van der Waals surface area contributed by atoms with Crippen molar-refractivity contribution >= 4 is 38.7 Å². The van der Waals surface area contributed by atoms with Gasteiger partial charge in [-0.25, -0.2) is 9.78 Å². The Morgan fingerprint density at radius 2 is 1.49 bits per heavy atom. The third-order valence-corrected chi connectivity index (χ3v) is 8.27. The van der Waals surface area contributed by atoms with Gasteiger partial charge in [0.25, 0.3) is 0 Å². The van der Waals surface area contributed by atoms with E-state index in [2.05, 4.69) is 58.8 Å². The number of nitrogens with zero attached hydrogens (tertiary/aromatic N) is 2. The number of urea groups is 1. The van der Waals surface area contributed by atoms with Crippen LogP contribution in [-0.4, -0.2) is 39.6 Å². The summed E-state index contributed by atoms with van der Waals surface area (Å²) >= 11 is 1.46. The van der Waals surface area contributed by atoms with Crippen LogP contribution in [-0.2, 0) is 4.79 Å². The number of para-hydroxylation sites is 1. The summed E-state index contributed by atoms with van der Waals surface area (Å²) in [4.78, 5) is 31.7. The molecule has 0 aliphatic heterocycles. The van der Waals surface area contributed by atoms with E-state index in [1.807, 2.05) is 41.3 Å². The summed E-state index contributed by atoms with van der Waals surface area (Å²) in [5, 5.41) is 13.1. The van der Waals surface area contributed by atoms with Gasteiger partial charge in [0, 0.05) is 18.5 Å². The molecule has 1 aliphatic rings. The molecule has 0 spiro atoms. The SMILES string of the molecule is O=C(O)C1CCC(N(CCC(c2ccccc2)c2ccccc2)C(=O)Nc2nc3ccccc3s2)CC1. The van der Waals surface area contributed by atoms with Gasteiger partial charge in [-0.2, -0.15) is 0 Å². The van der Waals surface area contributed by atoms with E-state index in [-0.39, 0.29) is 23.9 Å². The zero-order valence-electron chi connectivity index (χ0n) is 20.6. The van der Waals surface area contributed by atoms with Crippen molar-refractivity contribution in [2.24, 2.45) is 5.92 Å². The maximum Gasteiger partial charge on any atom is 0.323 e. The number of fused-ring (bicyclic) bond motifs is 1. The van der Waals surface area contributed by atoms with Crippen molar-refractivity contribution in [1.82, 2.24) is 9.88 Å². The monoisotopic (exact) mass is 513 g/mol. The maximum absolute atomic E-state index is 13.7. The Labute approximate surface area is 221 Å². The molecule has 0 saturated heterocycles. The summed E-state index contributed by atoms with van der Waals surface area (Å²) in [7, 11) is 0. The molecule has 2 amide bonds. The van der Waals surface area contributed by atoms with Crippen LogP contribution < -0.4 is 5.32 Å². The van der Waals surface area contributed by atoms with Gasteiger partial charge in [-0.1, -0.05) is 84.1 Å². The van der Waals surface area contributed by atoms with Crippen LogP contribution in [0.15, 0.2) is 84.9 Å². The number of aliphatic carboxylic acids is 1. The van der Waals surface area contributed by atoms with Crippen LogP contribution in [0, 0.1) is 5.92 Å². The van der Waals surface area contributed by atoms with Gasteiger partial charge in [0.05, 0.1) is 16.1 Å². The highest BCUT2D eigenvalue weighted by Crippen LogP contribution is 2.33. The van der Waals surface area contributed by atoms with E-state index in [4.69, 9.17) is 0 Å². The summed E-state index contributed by atoms with van der Waals surface area (Å²) in [6.45, 7) is 0.563. The zero-order valence-corrected chi connectivity index (χ0v) is 21.4. The zero-order chi connectivity index (χ0) is 25.6. The fourth-order valence-corrected chi connectivity index (χ4v) is 6.19. The second-order valence-electron chi connectivity index (χ2n) is 9.62. The smallest absolute Gasteiger partial charge is 0.323 e. The lowest BCUT2D eigenvalue weighted by atomic mass is 9.84. The van der Waals surface area contributed by atoms with Crippen LogP contribution >= 0.6 is 11.3 Å². The molecule has 1 fully saturated rings. The number of hydrogen-bond donors (Lipinski definition) is 2. The van der Waals surface area contributed by atoms with Crippen LogP contribution in [0.25, 0.3) is 10.2 Å². The first-order valence-electron chi connectivity index (χ1n) is 12.8. The minimum absolute atomic E-state index is 0.00262. The van der Waals surface area contributed by atoms with Crippen LogP contribution in [0.4, 0.5) is 9.93 Å². The third kappa shape index (κ3) is 6.00. The molecule has 1 saturated carbocycles. The molecule has 1 heterocycles. The molecule has 1 aliphatic carbocycles. The molecule has 4 aromatic rings. The minimum atomic E-state index is -0.739. The van der Waals surface area contributed by atoms with Crippen molar-refractivity contribution in [3.63, 3.8) is 0 Å². The largest absolute Gasteiger partial charge is 0.481 e. The van der Waals surface area contributed by atoms with Gasteiger partial charge in [-0.3, -0.25) is 10.1 Å². The number of anilines is 1. The van der Waals surface area contributed by atoms with Crippen molar-refractivity contribution < 1.29 is 14.7 Å². The number of carboxylic acids is 1. The normalized spacial score (nSPS) is 17.5. The maximum atomic E-state index is 13.7. The summed E-state index contributed by atoms with van der Waals surface area (Å²) in [6.07, 6.45) is 3.31. The fraction of sp³-hybridized carbons (Fsp3) is 0.300. The first-order valence-corrected chi connectivity index (χ1v) is 13.7. The molecule has 0 bridgehead atoms. The molecule has 7 heteroatoms. The highest BCUT2D eigenvalue weighted by Gasteiger charge is 2.32. The number of carboxylic acid groups (broad SMARTS) is 1. The lowest BCUT2D eigenvalue weighted by Crippen LogP contribution is -2.46. The summed E-state index contributed by atoms with van der Waals surface area (Å²) in [5.41, 5.74) is 3.30. The molecule has 6 nitrogen and oxygen atoms in total. The number of carbonyl (C=O) groups is 2. The number of hydrogen-bond acceptors (Lipinski definition) is 4. The van der Waals surface area contributed by atoms with Gasteiger partial charge in [-0.15, -0.1) is 0 Å². The number of rotatable bonds is 8. The molecule has 3 aromatic carbocycles. The summed E-state index contributed by atoms with van der Waals surface area (Å²) in [6, 6.07) is 28.5. The Morgan fingerprint density at radius 3 is 2.08 bits per heavy atom. The van der Waals surface area contributed by atoms with Crippen molar-refractivity contribution in [3.8, 4) is 0 Å². The average molecular weight is 514 g/mol. The third-order valence-electron chi connectivity index (χ3n) is 7.32. The highest BCUT2D eigenvalue weighted by molar-refractivity contribution is 7.22. The Morgan fingerprint density at radius 1 is 0.892 bits per heavy atom. The van der Waals surface area contributed by atoms with Crippen molar-refractivity contribution in [1.29, 1.82) is 0 Å². The Bertz CT molecular complexity index is 1260. The number of carbonyl (C=O) groups excluding carboxylic acids is 1. The molecular weight excluding hydrogens is 482 g/mol. The molecule has 1 aromatic heterocycles. The molecule has 37 heavy (non-hydrogen) atoms. The van der Waals surface area contributed by atoms with Crippen LogP contribution in [0.1, 0.15) is 49.1 Å². The van der Waals surface area contributed by atoms with Crippen LogP contribution in [0.2, 0.25) is 0 Å².